The van der Waals surface area contributed by atoms with Gasteiger partial charge in [-0.25, -0.2) is 13.2 Å². The van der Waals surface area contributed by atoms with E-state index >= 15 is 0 Å². The van der Waals surface area contributed by atoms with Crippen molar-refractivity contribution in [2.75, 3.05) is 18.0 Å². The number of hydrogen-bond donors (Lipinski definition) is 0. The summed E-state index contributed by atoms with van der Waals surface area (Å²) in [4.78, 5) is 42.9. The molecule has 2 amide bonds. The summed E-state index contributed by atoms with van der Waals surface area (Å²) in [6, 6.07) is 14.3. The van der Waals surface area contributed by atoms with Crippen molar-refractivity contribution in [1.29, 1.82) is 0 Å². The third kappa shape index (κ3) is 5.94. The molecule has 1 heterocycles. The van der Waals surface area contributed by atoms with Crippen LogP contribution in [0.4, 0.5) is 18.9 Å². The van der Waals surface area contributed by atoms with Crippen molar-refractivity contribution in [2.45, 2.75) is 76.7 Å². The van der Waals surface area contributed by atoms with Gasteiger partial charge in [0.2, 0.25) is 17.7 Å². The third-order valence-corrected chi connectivity index (χ3v) is 8.29. The fraction of sp³-hybridized carbons (Fsp3) is 0.500. The summed E-state index contributed by atoms with van der Waals surface area (Å²) < 4.78 is 42.9. The van der Waals surface area contributed by atoms with E-state index in [1.165, 1.54) is 17.9 Å². The summed E-state index contributed by atoms with van der Waals surface area (Å²) in [6.07, 6.45) is 0.664. The summed E-state index contributed by atoms with van der Waals surface area (Å²) in [5.41, 5.74) is -0.122. The fourth-order valence-corrected chi connectivity index (χ4v) is 5.93. The molecule has 5 nitrogen and oxygen atoms in total. The minimum absolute atomic E-state index is 0.107. The number of carbonyl (C=O) groups is 3. The molecule has 2 atom stereocenters. The van der Waals surface area contributed by atoms with Crippen LogP contribution in [0.25, 0.3) is 0 Å². The molecule has 2 unspecified atom stereocenters. The largest absolute Gasteiger partial charge is 0.342 e. The molecule has 2 aromatic carbocycles. The van der Waals surface area contributed by atoms with E-state index < -0.39 is 35.5 Å². The lowest BCUT2D eigenvalue weighted by molar-refractivity contribution is -0.141. The number of amides is 2. The van der Waals surface area contributed by atoms with Crippen LogP contribution in [0, 0.1) is 11.2 Å². The van der Waals surface area contributed by atoms with Crippen LogP contribution in [0.2, 0.25) is 0 Å². The van der Waals surface area contributed by atoms with E-state index in [4.69, 9.17) is 0 Å². The summed E-state index contributed by atoms with van der Waals surface area (Å²) in [7, 11) is 0. The van der Waals surface area contributed by atoms with E-state index in [2.05, 4.69) is 0 Å². The highest BCUT2D eigenvalue weighted by Crippen LogP contribution is 2.41. The number of ketones is 1. The second-order valence-corrected chi connectivity index (χ2v) is 10.8. The second-order valence-electron chi connectivity index (χ2n) is 10.8. The van der Waals surface area contributed by atoms with Gasteiger partial charge in [0.1, 0.15) is 11.6 Å². The number of benzene rings is 2. The highest BCUT2D eigenvalue weighted by atomic mass is 19.3. The Labute approximate surface area is 222 Å². The van der Waals surface area contributed by atoms with Crippen LogP contribution < -0.4 is 4.90 Å². The van der Waals surface area contributed by atoms with Crippen molar-refractivity contribution in [2.24, 2.45) is 5.41 Å². The highest BCUT2D eigenvalue weighted by molar-refractivity contribution is 5.98. The predicted molar refractivity (Wildman–Crippen MR) is 139 cm³/mol. The number of para-hydroxylation sites is 1. The van der Waals surface area contributed by atoms with E-state index in [9.17, 15) is 27.6 Å². The molecule has 1 aliphatic heterocycles. The second kappa shape index (κ2) is 11.3. The first-order valence-corrected chi connectivity index (χ1v) is 13.3. The fourth-order valence-electron chi connectivity index (χ4n) is 5.93. The van der Waals surface area contributed by atoms with Crippen molar-refractivity contribution in [3.8, 4) is 0 Å². The van der Waals surface area contributed by atoms with Gasteiger partial charge in [0, 0.05) is 49.5 Å². The van der Waals surface area contributed by atoms with Gasteiger partial charge in [0.25, 0.3) is 0 Å². The van der Waals surface area contributed by atoms with E-state index in [1.54, 1.807) is 60.4 Å². The van der Waals surface area contributed by atoms with Crippen molar-refractivity contribution >= 4 is 23.3 Å². The van der Waals surface area contributed by atoms with Gasteiger partial charge in [-0.15, -0.1) is 0 Å². The van der Waals surface area contributed by atoms with Gasteiger partial charge < -0.3 is 9.80 Å². The van der Waals surface area contributed by atoms with Gasteiger partial charge in [0.15, 0.2) is 0 Å². The van der Waals surface area contributed by atoms with Gasteiger partial charge in [-0.1, -0.05) is 36.4 Å². The Bertz CT molecular complexity index is 1160. The molecular weight excluding hydrogens is 493 g/mol. The average Bonchev–Trinajstić information content (AvgIpc) is 2.89. The van der Waals surface area contributed by atoms with Crippen LogP contribution in [-0.2, 0) is 14.4 Å². The molecule has 8 heteroatoms. The molecule has 1 aliphatic carbocycles. The van der Waals surface area contributed by atoms with E-state index in [1.807, 2.05) is 0 Å². The number of hydrogen-bond acceptors (Lipinski definition) is 3. The molecule has 0 bridgehead atoms. The average molecular weight is 529 g/mol. The molecule has 2 aromatic rings. The molecule has 0 spiro atoms. The minimum Gasteiger partial charge on any atom is -0.342 e. The Morgan fingerprint density at radius 2 is 1.63 bits per heavy atom. The number of likely N-dealkylation sites (tertiary alicyclic amines) is 1. The lowest BCUT2D eigenvalue weighted by Gasteiger charge is -2.43. The zero-order valence-electron chi connectivity index (χ0n) is 22.0. The number of anilines is 1. The van der Waals surface area contributed by atoms with Gasteiger partial charge in [-0.2, -0.15) is 0 Å². The number of Topliss-reactive ketones (excluding diaryl/α,β-unsaturated/α-hetero) is 1. The van der Waals surface area contributed by atoms with Crippen molar-refractivity contribution < 1.29 is 27.6 Å². The molecule has 0 radical (unpaired) electrons. The van der Waals surface area contributed by atoms with Gasteiger partial charge >= 0.3 is 0 Å². The Kier molecular flexibility index (Phi) is 8.28. The number of halogens is 3. The highest BCUT2D eigenvalue weighted by Gasteiger charge is 2.46. The van der Waals surface area contributed by atoms with Crippen molar-refractivity contribution in [3.63, 3.8) is 0 Å². The first-order valence-electron chi connectivity index (χ1n) is 13.3. The normalized spacial score (nSPS) is 21.4. The summed E-state index contributed by atoms with van der Waals surface area (Å²) in [6.45, 7) is 3.64. The molecule has 38 heavy (non-hydrogen) atoms. The molecular formula is C30H35F3N2O3. The smallest absolute Gasteiger partial charge is 0.250 e. The predicted octanol–water partition coefficient (Wildman–Crippen LogP) is 6.13. The Hall–Kier alpha value is -3.16. The first-order chi connectivity index (χ1) is 18.0. The maximum absolute atomic E-state index is 14.3. The van der Waals surface area contributed by atoms with E-state index in [-0.39, 0.29) is 56.4 Å². The number of carbonyl (C=O) groups excluding carboxylic acids is 3. The standard InChI is InChI=1S/C30H35F3N2O3/c1-21(25-12-6-7-13-26(25)31)28(38)34-17-15-29(16-18-34,22(2)36)20-27(37)35(23-9-4-3-5-10-23)24-11-8-14-30(32,33)19-24/h3-7,9-10,12-13,21,24H,8,11,14-20H2,1-2H3. The molecule has 1 saturated carbocycles. The summed E-state index contributed by atoms with van der Waals surface area (Å²) >= 11 is 0. The Morgan fingerprint density at radius 3 is 2.24 bits per heavy atom. The lowest BCUT2D eigenvalue weighted by Crippen LogP contribution is -2.51. The van der Waals surface area contributed by atoms with Crippen LogP contribution in [0.15, 0.2) is 54.6 Å². The van der Waals surface area contributed by atoms with E-state index in [0.717, 1.165) is 0 Å². The maximum Gasteiger partial charge on any atom is 0.250 e. The number of nitrogens with zero attached hydrogens (tertiary/aromatic N) is 2. The van der Waals surface area contributed by atoms with Crippen LogP contribution >= 0.6 is 0 Å². The molecule has 204 valence electrons. The molecule has 1 saturated heterocycles. The van der Waals surface area contributed by atoms with Crippen LogP contribution in [0.3, 0.4) is 0 Å². The molecule has 0 N–H and O–H groups in total. The first kappa shape index (κ1) is 27.9. The maximum atomic E-state index is 14.3. The van der Waals surface area contributed by atoms with Gasteiger partial charge in [0.05, 0.1) is 5.92 Å². The lowest BCUT2D eigenvalue weighted by atomic mass is 9.72. The number of rotatable bonds is 7. The third-order valence-electron chi connectivity index (χ3n) is 8.29. The zero-order valence-corrected chi connectivity index (χ0v) is 22.0. The SMILES string of the molecule is CC(=O)C1(CC(=O)N(c2ccccc2)C2CCCC(F)(F)C2)CCN(C(=O)C(C)c2ccccc2F)CC1. The minimum atomic E-state index is -2.84. The van der Waals surface area contributed by atoms with Crippen molar-refractivity contribution in [3.05, 3.63) is 66.0 Å². The topological polar surface area (TPSA) is 57.7 Å². The van der Waals surface area contributed by atoms with Gasteiger partial charge in [-0.3, -0.25) is 14.4 Å². The number of alkyl halides is 2. The monoisotopic (exact) mass is 528 g/mol. The molecule has 4 rings (SSSR count). The summed E-state index contributed by atoms with van der Waals surface area (Å²) in [5.74, 6) is -4.69. The van der Waals surface area contributed by atoms with Crippen LogP contribution in [0.1, 0.15) is 70.3 Å². The number of piperidine rings is 1. The van der Waals surface area contributed by atoms with E-state index in [0.29, 0.717) is 24.1 Å². The van der Waals surface area contributed by atoms with Crippen LogP contribution in [0.5, 0.6) is 0 Å². The Balaban J connectivity index is 1.51. The molecule has 2 aliphatic rings. The molecule has 0 aromatic heterocycles. The molecule has 2 fully saturated rings. The van der Waals surface area contributed by atoms with Crippen molar-refractivity contribution in [1.82, 2.24) is 4.90 Å². The zero-order chi connectivity index (χ0) is 27.5. The summed E-state index contributed by atoms with van der Waals surface area (Å²) in [5, 5.41) is 0. The van der Waals surface area contributed by atoms with Gasteiger partial charge in [-0.05, 0) is 63.3 Å². The Morgan fingerprint density at radius 1 is 1.00 bits per heavy atom. The quantitative estimate of drug-likeness (QED) is 0.435. The van der Waals surface area contributed by atoms with Crippen LogP contribution in [-0.4, -0.2) is 47.6 Å².